The summed E-state index contributed by atoms with van der Waals surface area (Å²) < 4.78 is 0. The van der Waals surface area contributed by atoms with Gasteiger partial charge in [0.1, 0.15) is 0 Å². The smallest absolute Gasteiger partial charge is 0.0384 e. The summed E-state index contributed by atoms with van der Waals surface area (Å²) in [6, 6.07) is 9.99. The minimum atomic E-state index is 0.884. The minimum Gasteiger partial charge on any atom is -0.356 e. The van der Waals surface area contributed by atoms with Crippen LogP contribution in [0.25, 0.3) is 0 Å². The molecular formula is C13H15N. The van der Waals surface area contributed by atoms with Crippen LogP contribution < -0.4 is 5.32 Å². The van der Waals surface area contributed by atoms with Crippen LogP contribution in [0.4, 0.5) is 5.69 Å². The number of hydrogen-bond donors (Lipinski definition) is 1. The fraction of sp³-hybridized carbons (Fsp3) is 0.0769. The van der Waals surface area contributed by atoms with Crippen molar-refractivity contribution in [1.29, 1.82) is 0 Å². The molecule has 0 saturated heterocycles. The molecule has 1 aromatic rings. The lowest BCUT2D eigenvalue weighted by molar-refractivity contribution is 1.49. The maximum absolute atomic E-state index is 3.89. The topological polar surface area (TPSA) is 12.0 Å². The van der Waals surface area contributed by atoms with E-state index in [1.807, 2.05) is 61.6 Å². The van der Waals surface area contributed by atoms with Gasteiger partial charge >= 0.3 is 0 Å². The van der Waals surface area contributed by atoms with E-state index < -0.39 is 0 Å². The Morgan fingerprint density at radius 3 is 2.57 bits per heavy atom. The molecule has 1 heteroatoms. The zero-order valence-electron chi connectivity index (χ0n) is 8.40. The van der Waals surface area contributed by atoms with Gasteiger partial charge in [0.05, 0.1) is 0 Å². The highest BCUT2D eigenvalue weighted by Gasteiger charge is 1.88. The Morgan fingerprint density at radius 1 is 1.21 bits per heavy atom. The first-order chi connectivity index (χ1) is 6.83. The van der Waals surface area contributed by atoms with Crippen LogP contribution in [-0.2, 0) is 0 Å². The Kier molecular flexibility index (Phi) is 4.29. The first kappa shape index (κ1) is 10.3. The van der Waals surface area contributed by atoms with Crippen LogP contribution in [0.2, 0.25) is 0 Å². The number of para-hydroxylation sites is 1. The number of hydrogen-bond acceptors (Lipinski definition) is 1. The molecule has 1 rings (SSSR count). The Labute approximate surface area is 85.5 Å². The van der Waals surface area contributed by atoms with Gasteiger partial charge in [-0.25, -0.2) is 0 Å². The maximum atomic E-state index is 3.89. The van der Waals surface area contributed by atoms with Gasteiger partial charge < -0.3 is 5.32 Å². The van der Waals surface area contributed by atoms with E-state index in [9.17, 15) is 0 Å². The molecule has 0 heterocycles. The molecule has 0 fully saturated rings. The van der Waals surface area contributed by atoms with Gasteiger partial charge in [-0.2, -0.15) is 0 Å². The molecule has 0 aromatic heterocycles. The Balaban J connectivity index is 2.50. The fourth-order valence-corrected chi connectivity index (χ4v) is 1.03. The summed E-state index contributed by atoms with van der Waals surface area (Å²) in [4.78, 5) is 0. The number of rotatable bonds is 4. The molecule has 0 aliphatic rings. The monoisotopic (exact) mass is 185 g/mol. The number of anilines is 1. The molecule has 0 spiro atoms. The van der Waals surface area contributed by atoms with Crippen molar-refractivity contribution in [2.45, 2.75) is 6.92 Å². The summed E-state index contributed by atoms with van der Waals surface area (Å²) in [5, 5.41) is 3.19. The molecule has 0 atom stereocenters. The second-order valence-corrected chi connectivity index (χ2v) is 2.90. The molecule has 0 saturated carbocycles. The second kappa shape index (κ2) is 5.81. The summed E-state index contributed by atoms with van der Waals surface area (Å²) >= 11 is 0. The molecule has 0 bridgehead atoms. The Morgan fingerprint density at radius 2 is 1.93 bits per heavy atom. The van der Waals surface area contributed by atoms with Gasteiger partial charge in [-0.15, -0.1) is 0 Å². The quantitative estimate of drug-likeness (QED) is 0.704. The third kappa shape index (κ3) is 3.76. The van der Waals surface area contributed by atoms with Crippen molar-refractivity contribution in [1.82, 2.24) is 0 Å². The highest BCUT2D eigenvalue weighted by Crippen LogP contribution is 2.08. The van der Waals surface area contributed by atoms with E-state index in [0.717, 1.165) is 11.4 Å². The molecule has 14 heavy (non-hydrogen) atoms. The lowest BCUT2D eigenvalue weighted by Gasteiger charge is -2.04. The van der Waals surface area contributed by atoms with Crippen molar-refractivity contribution in [3.05, 3.63) is 66.9 Å². The third-order valence-electron chi connectivity index (χ3n) is 1.68. The van der Waals surface area contributed by atoms with E-state index in [0.29, 0.717) is 0 Å². The summed E-state index contributed by atoms with van der Waals surface area (Å²) in [6.45, 7) is 5.87. The van der Waals surface area contributed by atoms with E-state index in [4.69, 9.17) is 0 Å². The van der Waals surface area contributed by atoms with Gasteiger partial charge in [0.25, 0.3) is 0 Å². The van der Waals surface area contributed by atoms with Crippen molar-refractivity contribution in [2.75, 3.05) is 5.32 Å². The lowest BCUT2D eigenvalue weighted by Crippen LogP contribution is -1.93. The van der Waals surface area contributed by atoms with Gasteiger partial charge in [-0.05, 0) is 25.1 Å². The maximum Gasteiger partial charge on any atom is 0.0384 e. The van der Waals surface area contributed by atoms with Crippen molar-refractivity contribution in [3.8, 4) is 0 Å². The van der Waals surface area contributed by atoms with Crippen LogP contribution in [0.15, 0.2) is 66.9 Å². The van der Waals surface area contributed by atoms with E-state index in [1.54, 1.807) is 0 Å². The Hall–Kier alpha value is -1.76. The SMILES string of the molecule is C=C(/C=C\C=C/C)Nc1ccccc1. The predicted molar refractivity (Wildman–Crippen MR) is 63.2 cm³/mol. The molecular weight excluding hydrogens is 170 g/mol. The van der Waals surface area contributed by atoms with Gasteiger partial charge in [-0.1, -0.05) is 43.0 Å². The molecule has 1 nitrogen and oxygen atoms in total. The fourth-order valence-electron chi connectivity index (χ4n) is 1.03. The van der Waals surface area contributed by atoms with Crippen LogP contribution in [0.3, 0.4) is 0 Å². The third-order valence-corrected chi connectivity index (χ3v) is 1.68. The standard InChI is InChI=1S/C13H15N/c1-3-4-6-9-12(2)14-13-10-7-5-8-11-13/h3-11,14H,2H2,1H3/b4-3-,9-6-. The molecule has 72 valence electrons. The van der Waals surface area contributed by atoms with Crippen molar-refractivity contribution in [3.63, 3.8) is 0 Å². The molecule has 1 N–H and O–H groups in total. The van der Waals surface area contributed by atoms with Crippen LogP contribution in [0, 0.1) is 0 Å². The second-order valence-electron chi connectivity index (χ2n) is 2.90. The zero-order valence-corrected chi connectivity index (χ0v) is 8.40. The van der Waals surface area contributed by atoms with E-state index in [-0.39, 0.29) is 0 Å². The van der Waals surface area contributed by atoms with E-state index in [2.05, 4.69) is 11.9 Å². The lowest BCUT2D eigenvalue weighted by atomic mass is 10.3. The van der Waals surface area contributed by atoms with Gasteiger partial charge in [0.15, 0.2) is 0 Å². The molecule has 0 amide bonds. The number of nitrogens with one attached hydrogen (secondary N) is 1. The van der Waals surface area contributed by atoms with Crippen LogP contribution in [0.5, 0.6) is 0 Å². The zero-order chi connectivity index (χ0) is 10.2. The Bertz CT molecular complexity index is 334. The van der Waals surface area contributed by atoms with Crippen molar-refractivity contribution < 1.29 is 0 Å². The predicted octanol–water partition coefficient (Wildman–Crippen LogP) is 3.74. The first-order valence-corrected chi connectivity index (χ1v) is 4.63. The average molecular weight is 185 g/mol. The van der Waals surface area contributed by atoms with Gasteiger partial charge in [0, 0.05) is 11.4 Å². The van der Waals surface area contributed by atoms with Gasteiger partial charge in [0.2, 0.25) is 0 Å². The van der Waals surface area contributed by atoms with Crippen LogP contribution in [0.1, 0.15) is 6.92 Å². The summed E-state index contributed by atoms with van der Waals surface area (Å²) in [6.07, 6.45) is 7.84. The average Bonchev–Trinajstić information content (AvgIpc) is 2.20. The molecule has 1 aromatic carbocycles. The molecule has 0 aliphatic heterocycles. The van der Waals surface area contributed by atoms with E-state index >= 15 is 0 Å². The number of benzene rings is 1. The van der Waals surface area contributed by atoms with E-state index in [1.165, 1.54) is 0 Å². The van der Waals surface area contributed by atoms with Crippen LogP contribution in [-0.4, -0.2) is 0 Å². The highest BCUT2D eigenvalue weighted by atomic mass is 14.9. The summed E-state index contributed by atoms with van der Waals surface area (Å²) in [5.74, 6) is 0. The van der Waals surface area contributed by atoms with Crippen LogP contribution >= 0.6 is 0 Å². The molecule has 0 unspecified atom stereocenters. The molecule has 0 radical (unpaired) electrons. The minimum absolute atomic E-state index is 0.884. The summed E-state index contributed by atoms with van der Waals surface area (Å²) in [5.41, 5.74) is 1.94. The van der Waals surface area contributed by atoms with Crippen molar-refractivity contribution >= 4 is 5.69 Å². The largest absolute Gasteiger partial charge is 0.356 e. The highest BCUT2D eigenvalue weighted by molar-refractivity contribution is 5.49. The number of allylic oxidation sites excluding steroid dienone is 4. The summed E-state index contributed by atoms with van der Waals surface area (Å²) in [7, 11) is 0. The molecule has 0 aliphatic carbocycles. The van der Waals surface area contributed by atoms with Crippen molar-refractivity contribution in [2.24, 2.45) is 0 Å². The normalized spacial score (nSPS) is 10.9. The first-order valence-electron chi connectivity index (χ1n) is 4.63. The van der Waals surface area contributed by atoms with Gasteiger partial charge in [-0.3, -0.25) is 0 Å².